The molecule has 2 aromatic rings. The van der Waals surface area contributed by atoms with E-state index >= 15 is 0 Å². The summed E-state index contributed by atoms with van der Waals surface area (Å²) in [6.45, 7) is 0. The Morgan fingerprint density at radius 3 is 2.91 bits per heavy atom. The molecular weight excluding hydrogens is 329 g/mol. The van der Waals surface area contributed by atoms with Crippen molar-refractivity contribution in [2.75, 3.05) is 7.11 Å². The third-order valence-corrected chi connectivity index (χ3v) is 3.18. The number of phenols is 1. The highest BCUT2D eigenvalue weighted by Crippen LogP contribution is 2.32. The van der Waals surface area contributed by atoms with Gasteiger partial charge in [-0.25, -0.2) is 10.4 Å². The third-order valence-electron chi connectivity index (χ3n) is 2.66. The predicted molar refractivity (Wildman–Crippen MR) is 84.0 cm³/mol. The minimum absolute atomic E-state index is 0.0717. The minimum Gasteiger partial charge on any atom is -0.504 e. The number of methoxy groups -OCH3 is 1. The van der Waals surface area contributed by atoms with Gasteiger partial charge in [-0.15, -0.1) is 0 Å². The molecule has 0 atom stereocenters. The lowest BCUT2D eigenvalue weighted by Gasteiger charge is -2.06. The van der Waals surface area contributed by atoms with E-state index in [-0.39, 0.29) is 22.2 Å². The average molecular weight is 340 g/mol. The number of hydrogen-bond donors (Lipinski definition) is 2. The first kappa shape index (κ1) is 16.1. The fourth-order valence-electron chi connectivity index (χ4n) is 1.62. The number of rotatable bonds is 4. The average Bonchev–Trinajstić information content (AvgIpc) is 2.50. The lowest BCUT2D eigenvalue weighted by molar-refractivity contribution is 0.0955. The molecule has 1 amide bonds. The van der Waals surface area contributed by atoms with Gasteiger partial charge in [-0.3, -0.25) is 4.79 Å². The van der Waals surface area contributed by atoms with Crippen LogP contribution in [0, 0.1) is 0 Å². The SMILES string of the molecule is COc1cc(Cl)cc(C=NNC(=O)c2cccnc2Cl)c1O. The first-order valence-electron chi connectivity index (χ1n) is 6.03. The molecule has 0 aliphatic heterocycles. The van der Waals surface area contributed by atoms with Crippen LogP contribution < -0.4 is 10.2 Å². The fraction of sp³-hybridized carbons (Fsp3) is 0.0714. The summed E-state index contributed by atoms with van der Waals surface area (Å²) in [5, 5.41) is 14.1. The van der Waals surface area contributed by atoms with E-state index in [0.29, 0.717) is 10.6 Å². The van der Waals surface area contributed by atoms with Crippen LogP contribution in [-0.4, -0.2) is 29.3 Å². The topological polar surface area (TPSA) is 83.8 Å². The zero-order valence-electron chi connectivity index (χ0n) is 11.4. The summed E-state index contributed by atoms with van der Waals surface area (Å²) in [6, 6.07) is 6.03. The second-order valence-corrected chi connectivity index (χ2v) is 4.88. The van der Waals surface area contributed by atoms with Crippen molar-refractivity contribution in [1.29, 1.82) is 0 Å². The number of aromatic nitrogens is 1. The van der Waals surface area contributed by atoms with Crippen LogP contribution >= 0.6 is 23.2 Å². The first-order chi connectivity index (χ1) is 10.5. The number of nitrogens with one attached hydrogen (secondary N) is 1. The molecule has 2 rings (SSSR count). The van der Waals surface area contributed by atoms with Crippen LogP contribution in [0.15, 0.2) is 35.6 Å². The number of hydrazone groups is 1. The zero-order chi connectivity index (χ0) is 16.1. The molecule has 8 heteroatoms. The van der Waals surface area contributed by atoms with Crippen molar-refractivity contribution in [2.24, 2.45) is 5.10 Å². The summed E-state index contributed by atoms with van der Waals surface area (Å²) in [7, 11) is 1.40. The molecule has 114 valence electrons. The standard InChI is InChI=1S/C14H11Cl2N3O3/c1-22-11-6-9(15)5-8(12(11)20)7-18-19-14(21)10-3-2-4-17-13(10)16/h2-7,20H,1H3,(H,19,21). The molecule has 6 nitrogen and oxygen atoms in total. The van der Waals surface area contributed by atoms with Gasteiger partial charge in [-0.2, -0.15) is 5.10 Å². The number of aromatic hydroxyl groups is 1. The first-order valence-corrected chi connectivity index (χ1v) is 6.79. The van der Waals surface area contributed by atoms with Crippen LogP contribution in [0.25, 0.3) is 0 Å². The lowest BCUT2D eigenvalue weighted by Crippen LogP contribution is -2.18. The molecule has 1 aromatic heterocycles. The number of halogens is 2. The van der Waals surface area contributed by atoms with Crippen LogP contribution in [0.5, 0.6) is 11.5 Å². The Hall–Kier alpha value is -2.31. The maximum Gasteiger partial charge on any atom is 0.274 e. The molecule has 0 saturated heterocycles. The summed E-state index contributed by atoms with van der Waals surface area (Å²) < 4.78 is 4.97. The summed E-state index contributed by atoms with van der Waals surface area (Å²) in [5.41, 5.74) is 2.77. The Balaban J connectivity index is 2.15. The summed E-state index contributed by atoms with van der Waals surface area (Å²) in [6.07, 6.45) is 2.71. The van der Waals surface area contributed by atoms with Gasteiger partial charge < -0.3 is 9.84 Å². The third kappa shape index (κ3) is 3.66. The second-order valence-electron chi connectivity index (χ2n) is 4.09. The van der Waals surface area contributed by atoms with E-state index < -0.39 is 5.91 Å². The van der Waals surface area contributed by atoms with E-state index in [9.17, 15) is 9.90 Å². The largest absolute Gasteiger partial charge is 0.504 e. The molecule has 0 aliphatic carbocycles. The van der Waals surface area contributed by atoms with Gasteiger partial charge in [0.25, 0.3) is 5.91 Å². The van der Waals surface area contributed by atoms with E-state index in [4.69, 9.17) is 27.9 Å². The predicted octanol–water partition coefficient (Wildman–Crippen LogP) is 2.87. The molecule has 2 N–H and O–H groups in total. The van der Waals surface area contributed by atoms with Gasteiger partial charge in [-0.05, 0) is 18.2 Å². The number of amides is 1. The highest BCUT2D eigenvalue weighted by Gasteiger charge is 2.10. The van der Waals surface area contributed by atoms with Crippen molar-refractivity contribution in [2.45, 2.75) is 0 Å². The molecule has 22 heavy (non-hydrogen) atoms. The van der Waals surface area contributed by atoms with Crippen molar-refractivity contribution in [1.82, 2.24) is 10.4 Å². The van der Waals surface area contributed by atoms with Gasteiger partial charge in [0.1, 0.15) is 5.15 Å². The number of pyridine rings is 1. The molecule has 0 radical (unpaired) electrons. The van der Waals surface area contributed by atoms with E-state index in [1.807, 2.05) is 0 Å². The van der Waals surface area contributed by atoms with E-state index in [2.05, 4.69) is 15.5 Å². The van der Waals surface area contributed by atoms with Crippen LogP contribution in [0.2, 0.25) is 10.2 Å². The summed E-state index contributed by atoms with van der Waals surface area (Å²) >= 11 is 11.7. The summed E-state index contributed by atoms with van der Waals surface area (Å²) in [4.78, 5) is 15.7. The van der Waals surface area contributed by atoms with Crippen molar-refractivity contribution < 1.29 is 14.6 Å². The molecular formula is C14H11Cl2N3O3. The highest BCUT2D eigenvalue weighted by molar-refractivity contribution is 6.32. The van der Waals surface area contributed by atoms with Crippen molar-refractivity contribution in [3.8, 4) is 11.5 Å². The monoisotopic (exact) mass is 339 g/mol. The van der Waals surface area contributed by atoms with Crippen LogP contribution in [0.4, 0.5) is 0 Å². The quantitative estimate of drug-likeness (QED) is 0.509. The zero-order valence-corrected chi connectivity index (χ0v) is 12.9. The van der Waals surface area contributed by atoms with E-state index in [1.165, 1.54) is 37.7 Å². The van der Waals surface area contributed by atoms with Crippen LogP contribution in [-0.2, 0) is 0 Å². The molecule has 0 fully saturated rings. The van der Waals surface area contributed by atoms with Crippen molar-refractivity contribution in [3.05, 3.63) is 51.8 Å². The normalized spacial score (nSPS) is 10.7. The van der Waals surface area contributed by atoms with E-state index in [0.717, 1.165) is 0 Å². The van der Waals surface area contributed by atoms with Gasteiger partial charge in [0.05, 0.1) is 18.9 Å². The molecule has 1 aromatic carbocycles. The van der Waals surface area contributed by atoms with Gasteiger partial charge >= 0.3 is 0 Å². The van der Waals surface area contributed by atoms with Crippen molar-refractivity contribution >= 4 is 35.3 Å². The number of nitrogens with zero attached hydrogens (tertiary/aromatic N) is 2. The Morgan fingerprint density at radius 2 is 2.23 bits per heavy atom. The van der Waals surface area contributed by atoms with Gasteiger partial charge in [0.2, 0.25) is 0 Å². The number of benzene rings is 1. The molecule has 0 spiro atoms. The van der Waals surface area contributed by atoms with Crippen LogP contribution in [0.3, 0.4) is 0 Å². The maximum absolute atomic E-state index is 11.9. The van der Waals surface area contributed by atoms with E-state index in [1.54, 1.807) is 6.07 Å². The number of hydrogen-bond acceptors (Lipinski definition) is 5. The molecule has 0 unspecified atom stereocenters. The number of ether oxygens (including phenoxy) is 1. The molecule has 0 saturated carbocycles. The number of phenolic OH excluding ortho intramolecular Hbond substituents is 1. The molecule has 0 bridgehead atoms. The fourth-order valence-corrected chi connectivity index (χ4v) is 2.05. The van der Waals surface area contributed by atoms with Gasteiger partial charge in [0, 0.05) is 22.8 Å². The lowest BCUT2D eigenvalue weighted by atomic mass is 10.2. The Labute approximate surface area is 136 Å². The highest BCUT2D eigenvalue weighted by atomic mass is 35.5. The summed E-state index contributed by atoms with van der Waals surface area (Å²) in [5.74, 6) is -0.456. The smallest absolute Gasteiger partial charge is 0.274 e. The Bertz CT molecular complexity index is 735. The number of carbonyl (C=O) groups excluding carboxylic acids is 1. The number of carbonyl (C=O) groups is 1. The van der Waals surface area contributed by atoms with Crippen LogP contribution in [0.1, 0.15) is 15.9 Å². The van der Waals surface area contributed by atoms with Gasteiger partial charge in [-0.1, -0.05) is 23.2 Å². The Morgan fingerprint density at radius 1 is 1.45 bits per heavy atom. The van der Waals surface area contributed by atoms with Gasteiger partial charge in [0.15, 0.2) is 11.5 Å². The Kier molecular flexibility index (Phi) is 5.19. The second kappa shape index (κ2) is 7.11. The molecule has 0 aliphatic rings. The maximum atomic E-state index is 11.9. The minimum atomic E-state index is -0.525. The van der Waals surface area contributed by atoms with Crippen molar-refractivity contribution in [3.63, 3.8) is 0 Å². The molecule has 1 heterocycles.